The molecule has 2 nitrogen and oxygen atoms in total. The number of halogens is 1. The van der Waals surface area contributed by atoms with Gasteiger partial charge in [-0.2, -0.15) is 0 Å². The van der Waals surface area contributed by atoms with E-state index < -0.39 is 0 Å². The van der Waals surface area contributed by atoms with Gasteiger partial charge in [-0.1, -0.05) is 72.8 Å². The Morgan fingerprint density at radius 2 is 1.28 bits per heavy atom. The number of benzene rings is 4. The zero-order valence-corrected chi connectivity index (χ0v) is 19.6. The van der Waals surface area contributed by atoms with E-state index in [0.29, 0.717) is 0 Å². The van der Waals surface area contributed by atoms with Crippen molar-refractivity contribution < 1.29 is 4.39 Å². The van der Waals surface area contributed by atoms with E-state index in [4.69, 9.17) is 4.98 Å². The first-order chi connectivity index (χ1) is 17.7. The maximum atomic E-state index is 13.4. The van der Waals surface area contributed by atoms with Crippen molar-refractivity contribution in [3.8, 4) is 33.6 Å². The number of hydrogen-bond donors (Lipinski definition) is 0. The molecule has 2 heterocycles. The summed E-state index contributed by atoms with van der Waals surface area (Å²) in [6.45, 7) is 0. The third-order valence-electron chi connectivity index (χ3n) is 6.41. The molecule has 2 aromatic heterocycles. The summed E-state index contributed by atoms with van der Waals surface area (Å²) in [6, 6.07) is 40.0. The van der Waals surface area contributed by atoms with E-state index >= 15 is 0 Å². The monoisotopic (exact) mass is 466 g/mol. The van der Waals surface area contributed by atoms with Gasteiger partial charge in [-0.3, -0.25) is 4.98 Å². The van der Waals surface area contributed by atoms with Gasteiger partial charge < -0.3 is 0 Å². The molecule has 0 unspecified atom stereocenters. The largest absolute Gasteiger partial charge is 0.256 e. The minimum Gasteiger partial charge on any atom is -0.256 e. The molecule has 6 aromatic rings. The maximum absolute atomic E-state index is 13.4. The second-order valence-corrected chi connectivity index (χ2v) is 8.87. The molecule has 0 aliphatic heterocycles. The van der Waals surface area contributed by atoms with Crippen molar-refractivity contribution in [2.24, 2.45) is 0 Å². The molecule has 0 saturated heterocycles. The molecule has 0 saturated carbocycles. The van der Waals surface area contributed by atoms with Crippen LogP contribution in [-0.2, 0) is 6.42 Å². The molecular formula is C33H23FN2. The summed E-state index contributed by atoms with van der Waals surface area (Å²) < 4.78 is 13.4. The van der Waals surface area contributed by atoms with Gasteiger partial charge in [0.2, 0.25) is 0 Å². The number of fused-ring (bicyclic) bond motifs is 1. The highest BCUT2D eigenvalue weighted by Crippen LogP contribution is 2.30. The molecule has 0 radical (unpaired) electrons. The Hall–Kier alpha value is -4.63. The Bertz CT molecular complexity index is 1660. The van der Waals surface area contributed by atoms with Gasteiger partial charge >= 0.3 is 0 Å². The van der Waals surface area contributed by atoms with E-state index in [-0.39, 0.29) is 5.82 Å². The van der Waals surface area contributed by atoms with Crippen LogP contribution in [0.15, 0.2) is 128 Å². The van der Waals surface area contributed by atoms with Crippen LogP contribution in [0.1, 0.15) is 11.1 Å². The van der Waals surface area contributed by atoms with Crippen LogP contribution in [0.25, 0.3) is 44.5 Å². The zero-order chi connectivity index (χ0) is 24.3. The minimum atomic E-state index is -0.234. The van der Waals surface area contributed by atoms with Gasteiger partial charge in [0.1, 0.15) is 5.82 Å². The average molecular weight is 467 g/mol. The summed E-state index contributed by atoms with van der Waals surface area (Å²) in [5.41, 5.74) is 9.54. The van der Waals surface area contributed by atoms with Gasteiger partial charge in [0, 0.05) is 22.7 Å². The molecule has 0 spiro atoms. The Kier molecular flexibility index (Phi) is 5.80. The number of pyridine rings is 2. The molecule has 3 heteroatoms. The molecule has 0 atom stereocenters. The van der Waals surface area contributed by atoms with Crippen LogP contribution >= 0.6 is 0 Å². The summed E-state index contributed by atoms with van der Waals surface area (Å²) in [5.74, 6) is -0.234. The SMILES string of the molecule is Fc1ccc(-c2cccc3nc(-c4cccc(Cc5cccc(-c6ccccn6)c5)c4)ccc23)cc1. The molecule has 0 aliphatic rings. The highest BCUT2D eigenvalue weighted by Gasteiger charge is 2.08. The fourth-order valence-corrected chi connectivity index (χ4v) is 4.65. The standard InChI is InChI=1S/C33H23FN2/c34-28-15-13-25(14-16-28)29-10-5-12-33-30(29)17-18-32(36-33)27-9-4-7-24(22-27)20-23-6-3-8-26(21-23)31-11-1-2-19-35-31/h1-19,21-22H,20H2. The van der Waals surface area contributed by atoms with Gasteiger partial charge in [-0.05, 0) is 77.2 Å². The van der Waals surface area contributed by atoms with Crippen molar-refractivity contribution >= 4 is 10.9 Å². The molecule has 6 rings (SSSR count). The Labute approximate surface area is 209 Å². The first kappa shape index (κ1) is 21.9. The molecule has 36 heavy (non-hydrogen) atoms. The molecule has 0 N–H and O–H groups in total. The molecule has 0 bridgehead atoms. The molecular weight excluding hydrogens is 443 g/mol. The quantitative estimate of drug-likeness (QED) is 0.255. The molecule has 0 amide bonds. The predicted molar refractivity (Wildman–Crippen MR) is 145 cm³/mol. The van der Waals surface area contributed by atoms with Gasteiger partial charge in [-0.25, -0.2) is 9.37 Å². The normalized spacial score (nSPS) is 11.0. The summed E-state index contributed by atoms with van der Waals surface area (Å²) in [6.07, 6.45) is 2.65. The van der Waals surface area contributed by atoms with Crippen molar-refractivity contribution in [3.63, 3.8) is 0 Å². The van der Waals surface area contributed by atoms with Crippen LogP contribution in [0, 0.1) is 5.82 Å². The van der Waals surface area contributed by atoms with Gasteiger partial charge in [0.15, 0.2) is 0 Å². The summed E-state index contributed by atoms with van der Waals surface area (Å²) in [5, 5.41) is 1.05. The lowest BCUT2D eigenvalue weighted by Gasteiger charge is -2.10. The summed E-state index contributed by atoms with van der Waals surface area (Å²) in [4.78, 5) is 9.45. The summed E-state index contributed by atoms with van der Waals surface area (Å²) >= 11 is 0. The van der Waals surface area contributed by atoms with Crippen LogP contribution in [-0.4, -0.2) is 9.97 Å². The zero-order valence-electron chi connectivity index (χ0n) is 19.6. The van der Waals surface area contributed by atoms with Crippen LogP contribution in [0.3, 0.4) is 0 Å². The van der Waals surface area contributed by atoms with Crippen LogP contribution in [0.2, 0.25) is 0 Å². The van der Waals surface area contributed by atoms with E-state index in [2.05, 4.69) is 71.7 Å². The second kappa shape index (κ2) is 9.55. The first-order valence-corrected chi connectivity index (χ1v) is 12.0. The minimum absolute atomic E-state index is 0.234. The highest BCUT2D eigenvalue weighted by atomic mass is 19.1. The fraction of sp³-hybridized carbons (Fsp3) is 0.0303. The smallest absolute Gasteiger partial charge is 0.123 e. The number of nitrogens with zero attached hydrogens (tertiary/aromatic N) is 2. The number of rotatable bonds is 5. The average Bonchev–Trinajstić information content (AvgIpc) is 2.94. The van der Waals surface area contributed by atoms with E-state index in [9.17, 15) is 4.39 Å². The number of aromatic nitrogens is 2. The van der Waals surface area contributed by atoms with Gasteiger partial charge in [0.05, 0.1) is 16.9 Å². The van der Waals surface area contributed by atoms with Crippen molar-refractivity contribution in [2.75, 3.05) is 0 Å². The van der Waals surface area contributed by atoms with Crippen LogP contribution < -0.4 is 0 Å². The third-order valence-corrected chi connectivity index (χ3v) is 6.41. The van der Waals surface area contributed by atoms with E-state index in [1.807, 2.05) is 48.7 Å². The highest BCUT2D eigenvalue weighted by molar-refractivity contribution is 5.95. The molecule has 172 valence electrons. The maximum Gasteiger partial charge on any atom is 0.123 e. The van der Waals surface area contributed by atoms with Crippen molar-refractivity contribution in [3.05, 3.63) is 144 Å². The van der Waals surface area contributed by atoms with Crippen molar-refractivity contribution in [1.29, 1.82) is 0 Å². The van der Waals surface area contributed by atoms with Crippen molar-refractivity contribution in [2.45, 2.75) is 6.42 Å². The second-order valence-electron chi connectivity index (χ2n) is 8.87. The summed E-state index contributed by atoms with van der Waals surface area (Å²) in [7, 11) is 0. The predicted octanol–water partition coefficient (Wildman–Crippen LogP) is 8.36. The Balaban J connectivity index is 1.30. The van der Waals surface area contributed by atoms with Crippen LogP contribution in [0.5, 0.6) is 0 Å². The third kappa shape index (κ3) is 4.51. The topological polar surface area (TPSA) is 25.8 Å². The fourth-order valence-electron chi connectivity index (χ4n) is 4.65. The lowest BCUT2D eigenvalue weighted by atomic mass is 9.98. The van der Waals surface area contributed by atoms with E-state index in [0.717, 1.165) is 51.0 Å². The Morgan fingerprint density at radius 3 is 2.00 bits per heavy atom. The van der Waals surface area contributed by atoms with E-state index in [1.54, 1.807) is 0 Å². The van der Waals surface area contributed by atoms with Crippen molar-refractivity contribution in [1.82, 2.24) is 9.97 Å². The lowest BCUT2D eigenvalue weighted by Crippen LogP contribution is -1.92. The van der Waals surface area contributed by atoms with E-state index in [1.165, 1.54) is 23.3 Å². The van der Waals surface area contributed by atoms with Crippen LogP contribution in [0.4, 0.5) is 4.39 Å². The van der Waals surface area contributed by atoms with Gasteiger partial charge in [0.25, 0.3) is 0 Å². The molecule has 0 aliphatic carbocycles. The lowest BCUT2D eigenvalue weighted by molar-refractivity contribution is 0.628. The Morgan fingerprint density at radius 1 is 0.556 bits per heavy atom. The molecule has 4 aromatic carbocycles. The number of hydrogen-bond acceptors (Lipinski definition) is 2. The van der Waals surface area contributed by atoms with Gasteiger partial charge in [-0.15, -0.1) is 0 Å². The molecule has 0 fully saturated rings. The first-order valence-electron chi connectivity index (χ1n) is 12.0.